The molecule has 0 radical (unpaired) electrons. The van der Waals surface area contributed by atoms with Gasteiger partial charge >= 0.3 is 0 Å². The van der Waals surface area contributed by atoms with E-state index in [0.29, 0.717) is 22.4 Å². The molecule has 22 heavy (non-hydrogen) atoms. The Morgan fingerprint density at radius 1 is 1.00 bits per heavy atom. The second kappa shape index (κ2) is 5.11. The minimum absolute atomic E-state index is 0.152. The SMILES string of the molecule is COc1ccc(C(C)=O)cc1N1C(=O)c2ccccc2C1=O. The summed E-state index contributed by atoms with van der Waals surface area (Å²) < 4.78 is 5.23. The maximum Gasteiger partial charge on any atom is 0.266 e. The first-order valence-electron chi connectivity index (χ1n) is 6.71. The lowest BCUT2D eigenvalue weighted by atomic mass is 10.1. The Balaban J connectivity index is 2.16. The number of nitrogens with zero attached hydrogens (tertiary/aromatic N) is 1. The predicted octanol–water partition coefficient (Wildman–Crippen LogP) is 2.70. The number of carbonyl (C=O) groups is 3. The Bertz CT molecular complexity index is 775. The molecule has 0 unspecified atom stereocenters. The van der Waals surface area contributed by atoms with Crippen molar-refractivity contribution in [2.24, 2.45) is 0 Å². The number of imide groups is 1. The van der Waals surface area contributed by atoms with E-state index in [2.05, 4.69) is 0 Å². The molecule has 2 aromatic rings. The number of anilines is 1. The van der Waals surface area contributed by atoms with Crippen LogP contribution in [0.3, 0.4) is 0 Å². The maximum absolute atomic E-state index is 12.5. The molecule has 2 amide bonds. The second-order valence-electron chi connectivity index (χ2n) is 4.93. The number of Topliss-reactive ketones (excluding diaryl/α,β-unsaturated/α-hetero) is 1. The average molecular weight is 295 g/mol. The number of carbonyl (C=O) groups excluding carboxylic acids is 3. The van der Waals surface area contributed by atoms with Gasteiger partial charge in [-0.25, -0.2) is 4.90 Å². The molecular formula is C17H13NO4. The van der Waals surface area contributed by atoms with E-state index in [4.69, 9.17) is 4.74 Å². The van der Waals surface area contributed by atoms with Gasteiger partial charge in [0.2, 0.25) is 0 Å². The van der Waals surface area contributed by atoms with E-state index in [-0.39, 0.29) is 11.5 Å². The zero-order chi connectivity index (χ0) is 15.9. The topological polar surface area (TPSA) is 63.7 Å². The number of benzene rings is 2. The van der Waals surface area contributed by atoms with Crippen LogP contribution in [0.2, 0.25) is 0 Å². The molecule has 0 fully saturated rings. The second-order valence-corrected chi connectivity index (χ2v) is 4.93. The molecule has 2 aromatic carbocycles. The molecule has 0 saturated carbocycles. The first kappa shape index (κ1) is 14.0. The summed E-state index contributed by atoms with van der Waals surface area (Å²) >= 11 is 0. The van der Waals surface area contributed by atoms with Crippen molar-refractivity contribution >= 4 is 23.3 Å². The van der Waals surface area contributed by atoms with Gasteiger partial charge in [-0.1, -0.05) is 12.1 Å². The highest BCUT2D eigenvalue weighted by molar-refractivity contribution is 6.35. The van der Waals surface area contributed by atoms with Crippen molar-refractivity contribution < 1.29 is 19.1 Å². The number of hydrogen-bond donors (Lipinski definition) is 0. The molecule has 110 valence electrons. The van der Waals surface area contributed by atoms with Crippen LogP contribution in [0.4, 0.5) is 5.69 Å². The van der Waals surface area contributed by atoms with E-state index in [9.17, 15) is 14.4 Å². The van der Waals surface area contributed by atoms with Crippen molar-refractivity contribution in [1.29, 1.82) is 0 Å². The predicted molar refractivity (Wildman–Crippen MR) is 80.6 cm³/mol. The fourth-order valence-electron chi connectivity index (χ4n) is 2.49. The van der Waals surface area contributed by atoms with Crippen LogP contribution in [0, 0.1) is 0 Å². The molecule has 0 aliphatic carbocycles. The number of methoxy groups -OCH3 is 1. The molecule has 0 bridgehead atoms. The van der Waals surface area contributed by atoms with Gasteiger partial charge in [0.05, 0.1) is 23.9 Å². The van der Waals surface area contributed by atoms with Gasteiger partial charge in [0, 0.05) is 5.56 Å². The summed E-state index contributed by atoms with van der Waals surface area (Å²) in [4.78, 5) is 37.7. The van der Waals surface area contributed by atoms with Crippen molar-refractivity contribution in [3.05, 3.63) is 59.2 Å². The van der Waals surface area contributed by atoms with Crippen molar-refractivity contribution in [3.63, 3.8) is 0 Å². The summed E-state index contributed by atoms with van der Waals surface area (Å²) in [6.07, 6.45) is 0. The zero-order valence-electron chi connectivity index (χ0n) is 12.1. The van der Waals surface area contributed by atoms with Crippen LogP contribution in [0.5, 0.6) is 5.75 Å². The highest BCUT2D eigenvalue weighted by Crippen LogP contribution is 2.35. The van der Waals surface area contributed by atoms with Crippen LogP contribution in [-0.2, 0) is 0 Å². The molecule has 0 N–H and O–H groups in total. The van der Waals surface area contributed by atoms with Crippen molar-refractivity contribution in [2.75, 3.05) is 12.0 Å². The van der Waals surface area contributed by atoms with E-state index < -0.39 is 11.8 Å². The van der Waals surface area contributed by atoms with E-state index >= 15 is 0 Å². The van der Waals surface area contributed by atoms with Gasteiger partial charge in [-0.15, -0.1) is 0 Å². The molecule has 1 aliphatic rings. The molecule has 0 atom stereocenters. The summed E-state index contributed by atoms with van der Waals surface area (Å²) in [5.41, 5.74) is 1.39. The van der Waals surface area contributed by atoms with Crippen LogP contribution in [0.1, 0.15) is 38.0 Å². The molecule has 5 heteroatoms. The number of hydrogen-bond acceptors (Lipinski definition) is 4. The quantitative estimate of drug-likeness (QED) is 0.645. The van der Waals surface area contributed by atoms with E-state index in [1.807, 2.05) is 0 Å². The first-order chi connectivity index (χ1) is 10.5. The molecule has 5 nitrogen and oxygen atoms in total. The largest absolute Gasteiger partial charge is 0.495 e. The maximum atomic E-state index is 12.5. The Morgan fingerprint density at radius 2 is 1.59 bits per heavy atom. The molecule has 0 saturated heterocycles. The zero-order valence-corrected chi connectivity index (χ0v) is 12.1. The summed E-state index contributed by atoms with van der Waals surface area (Å²) in [5, 5.41) is 0. The van der Waals surface area contributed by atoms with Crippen molar-refractivity contribution in [2.45, 2.75) is 6.92 Å². The smallest absolute Gasteiger partial charge is 0.266 e. The van der Waals surface area contributed by atoms with Crippen molar-refractivity contribution in [1.82, 2.24) is 0 Å². The highest BCUT2D eigenvalue weighted by Gasteiger charge is 2.37. The Kier molecular flexibility index (Phi) is 3.25. The lowest BCUT2D eigenvalue weighted by molar-refractivity contribution is 0.0922. The standard InChI is InChI=1S/C17H13NO4/c1-10(19)11-7-8-15(22-2)14(9-11)18-16(20)12-5-3-4-6-13(12)17(18)21/h3-9H,1-2H3. The van der Waals surface area contributed by atoms with Gasteiger partial charge in [-0.05, 0) is 37.3 Å². The fourth-order valence-corrected chi connectivity index (χ4v) is 2.49. The lowest BCUT2D eigenvalue weighted by Crippen LogP contribution is -2.30. The van der Waals surface area contributed by atoms with E-state index in [1.54, 1.807) is 36.4 Å². The normalized spacial score (nSPS) is 13.3. The molecule has 1 heterocycles. The average Bonchev–Trinajstić information content (AvgIpc) is 2.78. The van der Waals surface area contributed by atoms with Crippen LogP contribution in [0.15, 0.2) is 42.5 Å². The van der Waals surface area contributed by atoms with E-state index in [0.717, 1.165) is 4.90 Å². The van der Waals surface area contributed by atoms with Crippen LogP contribution in [0.25, 0.3) is 0 Å². The minimum Gasteiger partial charge on any atom is -0.495 e. The highest BCUT2D eigenvalue weighted by atomic mass is 16.5. The number of rotatable bonds is 3. The number of ether oxygens (including phenoxy) is 1. The Hall–Kier alpha value is -2.95. The fraction of sp³-hybridized carbons (Fsp3) is 0.118. The van der Waals surface area contributed by atoms with Crippen LogP contribution >= 0.6 is 0 Å². The van der Waals surface area contributed by atoms with Gasteiger partial charge in [0.1, 0.15) is 5.75 Å². The first-order valence-corrected chi connectivity index (χ1v) is 6.71. The summed E-state index contributed by atoms with van der Waals surface area (Å²) in [5.74, 6) is -0.626. The van der Waals surface area contributed by atoms with Gasteiger partial charge in [-0.2, -0.15) is 0 Å². The number of ketones is 1. The Morgan fingerprint density at radius 3 is 2.09 bits per heavy atom. The van der Waals surface area contributed by atoms with Gasteiger partial charge in [-0.3, -0.25) is 14.4 Å². The molecule has 1 aliphatic heterocycles. The third-order valence-electron chi connectivity index (χ3n) is 3.62. The third kappa shape index (κ3) is 1.98. The molecule has 0 aromatic heterocycles. The molecule has 3 rings (SSSR count). The minimum atomic E-state index is -0.417. The van der Waals surface area contributed by atoms with Gasteiger partial charge in [0.25, 0.3) is 11.8 Å². The lowest BCUT2D eigenvalue weighted by Gasteiger charge is -2.18. The summed E-state index contributed by atoms with van der Waals surface area (Å²) in [6.45, 7) is 1.42. The summed E-state index contributed by atoms with van der Waals surface area (Å²) in [7, 11) is 1.45. The third-order valence-corrected chi connectivity index (χ3v) is 3.62. The van der Waals surface area contributed by atoms with E-state index in [1.165, 1.54) is 20.1 Å². The summed E-state index contributed by atoms with van der Waals surface area (Å²) in [6, 6.07) is 11.3. The van der Waals surface area contributed by atoms with Gasteiger partial charge < -0.3 is 4.74 Å². The van der Waals surface area contributed by atoms with Crippen LogP contribution < -0.4 is 9.64 Å². The Labute approximate surface area is 127 Å². The van der Waals surface area contributed by atoms with Crippen LogP contribution in [-0.4, -0.2) is 24.7 Å². The number of fused-ring (bicyclic) bond motifs is 1. The number of amides is 2. The molecule has 0 spiro atoms. The van der Waals surface area contributed by atoms with Crippen molar-refractivity contribution in [3.8, 4) is 5.75 Å². The monoisotopic (exact) mass is 295 g/mol. The van der Waals surface area contributed by atoms with Gasteiger partial charge in [0.15, 0.2) is 5.78 Å². The molecular weight excluding hydrogens is 282 g/mol.